The zero-order valence-electron chi connectivity index (χ0n) is 8.71. The topological polar surface area (TPSA) is 63.1 Å². The summed E-state index contributed by atoms with van der Waals surface area (Å²) < 4.78 is 0. The summed E-state index contributed by atoms with van der Waals surface area (Å²) in [5.41, 5.74) is 2.67. The highest BCUT2D eigenvalue weighted by molar-refractivity contribution is 5.88. The molecule has 0 aliphatic heterocycles. The van der Waals surface area contributed by atoms with Crippen LogP contribution in [0.15, 0.2) is 36.5 Å². The van der Waals surface area contributed by atoms with Gasteiger partial charge in [0.05, 0.1) is 17.5 Å². The van der Waals surface area contributed by atoms with Gasteiger partial charge in [-0.1, -0.05) is 24.3 Å². The van der Waals surface area contributed by atoms with Crippen molar-refractivity contribution in [2.75, 3.05) is 0 Å². The molecule has 0 saturated heterocycles. The van der Waals surface area contributed by atoms with Gasteiger partial charge in [-0.15, -0.1) is 0 Å². The molecule has 4 nitrogen and oxygen atoms in total. The maximum Gasteiger partial charge on any atom is 0.337 e. The van der Waals surface area contributed by atoms with Gasteiger partial charge in [0.2, 0.25) is 0 Å². The van der Waals surface area contributed by atoms with Gasteiger partial charge in [-0.2, -0.15) is 10.2 Å². The molecule has 1 heterocycles. The van der Waals surface area contributed by atoms with E-state index in [1.165, 1.54) is 12.3 Å². The Labute approximate surface area is 92.6 Å². The molecule has 1 N–H and O–H groups in total. The first-order valence-corrected chi connectivity index (χ1v) is 4.80. The standard InChI is InChI=1S/C12H10N2O2/c1-8-4-2-3-5-10(8)11-6-9(12(15)16)7-13-14-11/h2-7H,1H3,(H,15,16). The molecule has 0 unspecified atom stereocenters. The Morgan fingerprint density at radius 2 is 2.06 bits per heavy atom. The van der Waals surface area contributed by atoms with Crippen LogP contribution in [0.1, 0.15) is 15.9 Å². The van der Waals surface area contributed by atoms with Gasteiger partial charge >= 0.3 is 5.97 Å². The minimum Gasteiger partial charge on any atom is -0.478 e. The fraction of sp³-hybridized carbons (Fsp3) is 0.0833. The number of aromatic carboxylic acids is 1. The van der Waals surface area contributed by atoms with Crippen molar-refractivity contribution in [3.8, 4) is 11.3 Å². The number of carboxylic acids is 1. The van der Waals surface area contributed by atoms with Gasteiger partial charge in [-0.05, 0) is 18.6 Å². The molecule has 0 aliphatic carbocycles. The number of carboxylic acid groups (broad SMARTS) is 1. The van der Waals surface area contributed by atoms with Crippen LogP contribution in [-0.2, 0) is 0 Å². The molecule has 2 rings (SSSR count). The van der Waals surface area contributed by atoms with E-state index < -0.39 is 5.97 Å². The zero-order chi connectivity index (χ0) is 11.5. The number of carbonyl (C=O) groups is 1. The first-order chi connectivity index (χ1) is 7.68. The molecule has 0 radical (unpaired) electrons. The SMILES string of the molecule is Cc1ccccc1-c1cc(C(=O)O)cnn1. The highest BCUT2D eigenvalue weighted by Gasteiger charge is 2.08. The summed E-state index contributed by atoms with van der Waals surface area (Å²) in [6.07, 6.45) is 1.24. The van der Waals surface area contributed by atoms with Crippen LogP contribution in [0.5, 0.6) is 0 Å². The predicted octanol–water partition coefficient (Wildman–Crippen LogP) is 2.15. The number of nitrogens with zero attached hydrogens (tertiary/aromatic N) is 2. The van der Waals surface area contributed by atoms with Crippen LogP contribution in [0.4, 0.5) is 0 Å². The van der Waals surface area contributed by atoms with E-state index in [-0.39, 0.29) is 5.56 Å². The molecule has 0 saturated carbocycles. The minimum absolute atomic E-state index is 0.147. The number of aryl methyl sites for hydroxylation is 1. The van der Waals surface area contributed by atoms with Crippen molar-refractivity contribution in [3.63, 3.8) is 0 Å². The predicted molar refractivity (Wildman–Crippen MR) is 59.2 cm³/mol. The van der Waals surface area contributed by atoms with Crippen molar-refractivity contribution in [1.82, 2.24) is 10.2 Å². The van der Waals surface area contributed by atoms with Gasteiger partial charge in [-0.3, -0.25) is 0 Å². The molecule has 4 heteroatoms. The molecular formula is C12H10N2O2. The van der Waals surface area contributed by atoms with E-state index in [0.717, 1.165) is 11.1 Å². The highest BCUT2D eigenvalue weighted by atomic mass is 16.4. The van der Waals surface area contributed by atoms with Crippen molar-refractivity contribution in [2.24, 2.45) is 0 Å². The Morgan fingerprint density at radius 3 is 2.75 bits per heavy atom. The van der Waals surface area contributed by atoms with Gasteiger partial charge in [0.1, 0.15) is 0 Å². The first-order valence-electron chi connectivity index (χ1n) is 4.80. The van der Waals surface area contributed by atoms with Crippen molar-refractivity contribution >= 4 is 5.97 Å². The summed E-state index contributed by atoms with van der Waals surface area (Å²) in [7, 11) is 0. The van der Waals surface area contributed by atoms with Gasteiger partial charge in [0, 0.05) is 5.56 Å². The molecule has 0 fully saturated rings. The number of hydrogen-bond acceptors (Lipinski definition) is 3. The second-order valence-corrected chi connectivity index (χ2v) is 3.45. The summed E-state index contributed by atoms with van der Waals surface area (Å²) in [6, 6.07) is 9.18. The van der Waals surface area contributed by atoms with Crippen molar-refractivity contribution in [3.05, 3.63) is 47.7 Å². The van der Waals surface area contributed by atoms with Crippen LogP contribution in [0.2, 0.25) is 0 Å². The molecule has 0 bridgehead atoms. The van der Waals surface area contributed by atoms with E-state index in [9.17, 15) is 4.79 Å². The third kappa shape index (κ3) is 1.91. The molecule has 0 atom stereocenters. The van der Waals surface area contributed by atoms with Crippen molar-refractivity contribution in [1.29, 1.82) is 0 Å². The third-order valence-corrected chi connectivity index (χ3v) is 2.32. The van der Waals surface area contributed by atoms with Crippen LogP contribution in [0.3, 0.4) is 0 Å². The lowest BCUT2D eigenvalue weighted by Gasteiger charge is -2.04. The number of benzene rings is 1. The maximum absolute atomic E-state index is 10.8. The van der Waals surface area contributed by atoms with E-state index >= 15 is 0 Å². The number of aromatic nitrogens is 2. The van der Waals surface area contributed by atoms with Crippen molar-refractivity contribution < 1.29 is 9.90 Å². The summed E-state index contributed by atoms with van der Waals surface area (Å²) in [5.74, 6) is -0.996. The maximum atomic E-state index is 10.8. The van der Waals surface area contributed by atoms with Crippen LogP contribution < -0.4 is 0 Å². The average molecular weight is 214 g/mol. The van der Waals surface area contributed by atoms with Crippen LogP contribution in [0.25, 0.3) is 11.3 Å². The fourth-order valence-electron chi connectivity index (χ4n) is 1.48. The molecule has 0 aliphatic rings. The Balaban J connectivity index is 2.53. The zero-order valence-corrected chi connectivity index (χ0v) is 8.71. The molecule has 1 aromatic heterocycles. The summed E-state index contributed by atoms with van der Waals surface area (Å²) in [6.45, 7) is 1.95. The summed E-state index contributed by atoms with van der Waals surface area (Å²) >= 11 is 0. The quantitative estimate of drug-likeness (QED) is 0.831. The van der Waals surface area contributed by atoms with E-state index in [1.54, 1.807) is 0 Å². The largest absolute Gasteiger partial charge is 0.478 e. The van der Waals surface area contributed by atoms with Crippen LogP contribution in [-0.4, -0.2) is 21.3 Å². The van der Waals surface area contributed by atoms with E-state index in [1.807, 2.05) is 31.2 Å². The van der Waals surface area contributed by atoms with E-state index in [2.05, 4.69) is 10.2 Å². The van der Waals surface area contributed by atoms with Gasteiger partial charge < -0.3 is 5.11 Å². The molecule has 2 aromatic rings. The fourth-order valence-corrected chi connectivity index (χ4v) is 1.48. The molecule has 80 valence electrons. The van der Waals surface area contributed by atoms with Crippen LogP contribution in [0, 0.1) is 6.92 Å². The lowest BCUT2D eigenvalue weighted by Crippen LogP contribution is -1.99. The van der Waals surface area contributed by atoms with Crippen molar-refractivity contribution in [2.45, 2.75) is 6.92 Å². The molecule has 0 spiro atoms. The van der Waals surface area contributed by atoms with Gasteiger partial charge in [0.15, 0.2) is 0 Å². The Hall–Kier alpha value is -2.23. The monoisotopic (exact) mass is 214 g/mol. The normalized spacial score (nSPS) is 10.1. The third-order valence-electron chi connectivity index (χ3n) is 2.32. The van der Waals surface area contributed by atoms with E-state index in [4.69, 9.17) is 5.11 Å². The smallest absolute Gasteiger partial charge is 0.337 e. The van der Waals surface area contributed by atoms with E-state index in [0.29, 0.717) is 5.69 Å². The molecule has 0 amide bonds. The summed E-state index contributed by atoms with van der Waals surface area (Å²) in [5, 5.41) is 16.5. The summed E-state index contributed by atoms with van der Waals surface area (Å²) in [4.78, 5) is 10.8. The lowest BCUT2D eigenvalue weighted by atomic mass is 10.0. The molecule has 16 heavy (non-hydrogen) atoms. The molecular weight excluding hydrogens is 204 g/mol. The first kappa shape index (κ1) is 10.3. The van der Waals surface area contributed by atoms with Gasteiger partial charge in [-0.25, -0.2) is 4.79 Å². The second-order valence-electron chi connectivity index (χ2n) is 3.45. The number of rotatable bonds is 2. The molecule has 1 aromatic carbocycles. The second kappa shape index (κ2) is 4.10. The lowest BCUT2D eigenvalue weighted by molar-refractivity contribution is 0.0696. The Morgan fingerprint density at radius 1 is 1.31 bits per heavy atom. The van der Waals surface area contributed by atoms with Gasteiger partial charge in [0.25, 0.3) is 0 Å². The highest BCUT2D eigenvalue weighted by Crippen LogP contribution is 2.20. The Kier molecular flexibility index (Phi) is 2.64. The minimum atomic E-state index is -0.996. The Bertz CT molecular complexity index is 538. The number of hydrogen-bond donors (Lipinski definition) is 1. The average Bonchev–Trinajstić information content (AvgIpc) is 2.30. The van der Waals surface area contributed by atoms with Crippen LogP contribution >= 0.6 is 0 Å².